The summed E-state index contributed by atoms with van der Waals surface area (Å²) in [5.74, 6) is 0. The number of benzene rings is 2. The lowest BCUT2D eigenvalue weighted by Gasteiger charge is -2.09. The van der Waals surface area contributed by atoms with Crippen molar-refractivity contribution in [3.63, 3.8) is 0 Å². The SMILES string of the molecule is Cc1cccc(S(=O)(=O)NCc2ccccc2)c1C#N. The Hall–Kier alpha value is -2.16. The normalized spacial score (nSPS) is 11.0. The van der Waals surface area contributed by atoms with E-state index >= 15 is 0 Å². The second-order valence-electron chi connectivity index (χ2n) is 4.37. The molecule has 0 aliphatic heterocycles. The number of nitrogens with zero attached hydrogens (tertiary/aromatic N) is 1. The predicted octanol–water partition coefficient (Wildman–Crippen LogP) is 2.35. The molecule has 0 bridgehead atoms. The van der Waals surface area contributed by atoms with Gasteiger partial charge in [-0.25, -0.2) is 13.1 Å². The Balaban J connectivity index is 2.28. The molecule has 0 unspecified atom stereocenters. The summed E-state index contributed by atoms with van der Waals surface area (Å²) in [6.45, 7) is 1.91. The van der Waals surface area contributed by atoms with Gasteiger partial charge in [0.25, 0.3) is 0 Å². The van der Waals surface area contributed by atoms with Gasteiger partial charge in [0.1, 0.15) is 11.0 Å². The first-order valence-corrected chi connectivity index (χ1v) is 7.56. The van der Waals surface area contributed by atoms with Crippen molar-refractivity contribution in [3.8, 4) is 6.07 Å². The van der Waals surface area contributed by atoms with Gasteiger partial charge >= 0.3 is 0 Å². The van der Waals surface area contributed by atoms with Crippen LogP contribution in [0.1, 0.15) is 16.7 Å². The Morgan fingerprint density at radius 3 is 2.45 bits per heavy atom. The van der Waals surface area contributed by atoms with Gasteiger partial charge in [0.2, 0.25) is 10.0 Å². The number of rotatable bonds is 4. The minimum atomic E-state index is -3.70. The van der Waals surface area contributed by atoms with E-state index in [0.29, 0.717) is 5.56 Å². The van der Waals surface area contributed by atoms with Crippen molar-refractivity contribution in [2.75, 3.05) is 0 Å². The van der Waals surface area contributed by atoms with Crippen LogP contribution in [0.15, 0.2) is 53.4 Å². The van der Waals surface area contributed by atoms with Crippen LogP contribution in [0.5, 0.6) is 0 Å². The van der Waals surface area contributed by atoms with Crippen LogP contribution >= 0.6 is 0 Å². The van der Waals surface area contributed by atoms with Crippen LogP contribution < -0.4 is 4.72 Å². The van der Waals surface area contributed by atoms with Crippen molar-refractivity contribution >= 4 is 10.0 Å². The molecule has 0 aromatic heterocycles. The summed E-state index contributed by atoms with van der Waals surface area (Å²) < 4.78 is 27.1. The Morgan fingerprint density at radius 1 is 1.10 bits per heavy atom. The Morgan fingerprint density at radius 2 is 1.80 bits per heavy atom. The van der Waals surface area contributed by atoms with Crippen LogP contribution in [-0.4, -0.2) is 8.42 Å². The fraction of sp³-hybridized carbons (Fsp3) is 0.133. The molecule has 102 valence electrons. The quantitative estimate of drug-likeness (QED) is 0.938. The van der Waals surface area contributed by atoms with Crippen molar-refractivity contribution in [2.24, 2.45) is 0 Å². The summed E-state index contributed by atoms with van der Waals surface area (Å²) in [5.41, 5.74) is 1.70. The van der Waals surface area contributed by atoms with Crippen LogP contribution in [-0.2, 0) is 16.6 Å². The molecule has 0 radical (unpaired) electrons. The molecule has 0 saturated carbocycles. The number of sulfonamides is 1. The summed E-state index contributed by atoms with van der Waals surface area (Å²) in [6.07, 6.45) is 0. The van der Waals surface area contributed by atoms with Gasteiger partial charge < -0.3 is 0 Å². The van der Waals surface area contributed by atoms with E-state index in [-0.39, 0.29) is 17.0 Å². The highest BCUT2D eigenvalue weighted by Crippen LogP contribution is 2.18. The molecule has 0 aliphatic carbocycles. The monoisotopic (exact) mass is 286 g/mol. The van der Waals surface area contributed by atoms with Crippen molar-refractivity contribution in [2.45, 2.75) is 18.4 Å². The second kappa shape index (κ2) is 5.87. The minimum absolute atomic E-state index is 0.0240. The largest absolute Gasteiger partial charge is 0.242 e. The van der Waals surface area contributed by atoms with E-state index in [2.05, 4.69) is 4.72 Å². The molecular formula is C15H14N2O2S. The maximum Gasteiger partial charge on any atom is 0.242 e. The maximum absolute atomic E-state index is 12.3. The van der Waals surface area contributed by atoms with E-state index in [1.54, 1.807) is 19.1 Å². The molecule has 1 N–H and O–H groups in total. The van der Waals surface area contributed by atoms with Crippen molar-refractivity contribution < 1.29 is 8.42 Å². The molecule has 2 aromatic carbocycles. The van der Waals surface area contributed by atoms with E-state index in [1.807, 2.05) is 36.4 Å². The highest BCUT2D eigenvalue weighted by molar-refractivity contribution is 7.89. The Bertz CT molecular complexity index is 747. The molecule has 0 heterocycles. The van der Waals surface area contributed by atoms with Gasteiger partial charge in [0, 0.05) is 6.54 Å². The highest BCUT2D eigenvalue weighted by atomic mass is 32.2. The summed E-state index contributed by atoms with van der Waals surface area (Å²) in [4.78, 5) is 0.0240. The molecule has 0 fully saturated rings. The molecule has 0 spiro atoms. The number of nitrogens with one attached hydrogen (secondary N) is 1. The van der Waals surface area contributed by atoms with E-state index in [1.165, 1.54) is 6.07 Å². The molecular weight excluding hydrogens is 272 g/mol. The minimum Gasteiger partial charge on any atom is -0.207 e. The third-order valence-corrected chi connectivity index (χ3v) is 4.39. The summed E-state index contributed by atoms with van der Waals surface area (Å²) in [5, 5.41) is 9.11. The van der Waals surface area contributed by atoms with Gasteiger partial charge in [-0.05, 0) is 24.1 Å². The number of nitriles is 1. The third-order valence-electron chi connectivity index (χ3n) is 2.95. The van der Waals surface area contributed by atoms with Crippen molar-refractivity contribution in [1.82, 2.24) is 4.72 Å². The Kier molecular flexibility index (Phi) is 4.18. The van der Waals surface area contributed by atoms with Crippen LogP contribution in [0.25, 0.3) is 0 Å². The van der Waals surface area contributed by atoms with E-state index in [9.17, 15) is 8.42 Å². The lowest BCUT2D eigenvalue weighted by Crippen LogP contribution is -2.24. The first-order chi connectivity index (χ1) is 9.54. The highest BCUT2D eigenvalue weighted by Gasteiger charge is 2.19. The topological polar surface area (TPSA) is 70.0 Å². The Labute approximate surface area is 118 Å². The molecule has 0 amide bonds. The zero-order chi connectivity index (χ0) is 14.6. The fourth-order valence-electron chi connectivity index (χ4n) is 1.86. The lowest BCUT2D eigenvalue weighted by atomic mass is 10.1. The zero-order valence-electron chi connectivity index (χ0n) is 11.0. The van der Waals surface area contributed by atoms with Crippen LogP contribution in [0.2, 0.25) is 0 Å². The first-order valence-electron chi connectivity index (χ1n) is 6.08. The van der Waals surface area contributed by atoms with Gasteiger partial charge in [-0.3, -0.25) is 0 Å². The molecule has 0 atom stereocenters. The van der Waals surface area contributed by atoms with E-state index in [0.717, 1.165) is 5.56 Å². The second-order valence-corrected chi connectivity index (χ2v) is 6.11. The van der Waals surface area contributed by atoms with Crippen LogP contribution in [0.3, 0.4) is 0 Å². The number of aryl methyl sites for hydroxylation is 1. The average molecular weight is 286 g/mol. The van der Waals surface area contributed by atoms with Crippen LogP contribution in [0, 0.1) is 18.3 Å². The molecule has 5 heteroatoms. The van der Waals surface area contributed by atoms with Crippen molar-refractivity contribution in [3.05, 3.63) is 65.2 Å². The lowest BCUT2D eigenvalue weighted by molar-refractivity contribution is 0.581. The number of hydrogen-bond donors (Lipinski definition) is 1. The van der Waals surface area contributed by atoms with E-state index < -0.39 is 10.0 Å². The van der Waals surface area contributed by atoms with Gasteiger partial charge in [0.15, 0.2) is 0 Å². The average Bonchev–Trinajstić information content (AvgIpc) is 2.46. The molecule has 2 aromatic rings. The van der Waals surface area contributed by atoms with Gasteiger partial charge in [-0.15, -0.1) is 0 Å². The summed E-state index contributed by atoms with van der Waals surface area (Å²) in [7, 11) is -3.70. The van der Waals surface area contributed by atoms with E-state index in [4.69, 9.17) is 5.26 Å². The van der Waals surface area contributed by atoms with Gasteiger partial charge in [-0.1, -0.05) is 42.5 Å². The molecule has 0 saturated heterocycles. The smallest absolute Gasteiger partial charge is 0.207 e. The molecule has 0 aliphatic rings. The molecule has 20 heavy (non-hydrogen) atoms. The first kappa shape index (κ1) is 14.3. The predicted molar refractivity (Wildman–Crippen MR) is 76.4 cm³/mol. The summed E-state index contributed by atoms with van der Waals surface area (Å²) >= 11 is 0. The third kappa shape index (κ3) is 3.05. The standard InChI is InChI=1S/C15H14N2O2S/c1-12-6-5-9-15(14(12)10-16)20(18,19)17-11-13-7-3-2-4-8-13/h2-9,17H,11H2,1H3. The summed E-state index contributed by atoms with van der Waals surface area (Å²) in [6, 6.07) is 16.0. The van der Waals surface area contributed by atoms with Gasteiger partial charge in [-0.2, -0.15) is 5.26 Å². The molecule has 2 rings (SSSR count). The van der Waals surface area contributed by atoms with Crippen LogP contribution in [0.4, 0.5) is 0 Å². The maximum atomic E-state index is 12.3. The van der Waals surface area contributed by atoms with Crippen molar-refractivity contribution in [1.29, 1.82) is 5.26 Å². The fourth-order valence-corrected chi connectivity index (χ4v) is 3.11. The van der Waals surface area contributed by atoms with Gasteiger partial charge in [0.05, 0.1) is 5.56 Å². The zero-order valence-corrected chi connectivity index (χ0v) is 11.8. The number of hydrogen-bond acceptors (Lipinski definition) is 3. The molecule has 4 nitrogen and oxygen atoms in total.